The Hall–Kier alpha value is -1.33. The molecule has 0 spiro atoms. The molecule has 0 atom stereocenters. The van der Waals surface area contributed by atoms with Crippen molar-refractivity contribution in [1.29, 1.82) is 0 Å². The topological polar surface area (TPSA) is 37.8 Å². The van der Waals surface area contributed by atoms with Gasteiger partial charge in [-0.3, -0.25) is 0 Å². The summed E-state index contributed by atoms with van der Waals surface area (Å²) in [5, 5.41) is 2.77. The number of hydrogen-bond acceptors (Lipinski definition) is 3. The van der Waals surface area contributed by atoms with Gasteiger partial charge < -0.3 is 5.32 Å². The number of alkyl halides is 3. The van der Waals surface area contributed by atoms with Gasteiger partial charge in [-0.05, 0) is 18.4 Å². The number of hydrogen-bond donors (Lipinski definition) is 1. The Balaban J connectivity index is 2.61. The highest BCUT2D eigenvalue weighted by Gasteiger charge is 2.32. The van der Waals surface area contributed by atoms with Crippen LogP contribution in [0.3, 0.4) is 0 Å². The van der Waals surface area contributed by atoms with Crippen LogP contribution >= 0.6 is 0 Å². The summed E-state index contributed by atoms with van der Waals surface area (Å²) >= 11 is 0. The SMILES string of the molecule is CC(C)CCNc1nccc(C(F)(F)F)n1. The summed E-state index contributed by atoms with van der Waals surface area (Å²) in [6, 6.07) is 0.855. The average Bonchev–Trinajstić information content (AvgIpc) is 2.16. The smallest absolute Gasteiger partial charge is 0.354 e. The first-order chi connectivity index (χ1) is 7.39. The molecule has 0 saturated heterocycles. The Morgan fingerprint density at radius 3 is 2.62 bits per heavy atom. The van der Waals surface area contributed by atoms with E-state index in [4.69, 9.17) is 0 Å². The van der Waals surface area contributed by atoms with Gasteiger partial charge in [-0.15, -0.1) is 0 Å². The molecule has 0 saturated carbocycles. The van der Waals surface area contributed by atoms with Crippen molar-refractivity contribution in [2.45, 2.75) is 26.4 Å². The predicted molar refractivity (Wildman–Crippen MR) is 55.0 cm³/mol. The summed E-state index contributed by atoms with van der Waals surface area (Å²) in [6.45, 7) is 4.64. The maximum atomic E-state index is 12.3. The minimum absolute atomic E-state index is 0.0236. The van der Waals surface area contributed by atoms with Crippen LogP contribution in [0, 0.1) is 5.92 Å². The highest BCUT2D eigenvalue weighted by atomic mass is 19.4. The van der Waals surface area contributed by atoms with Gasteiger partial charge in [-0.25, -0.2) is 9.97 Å². The third-order valence-corrected chi connectivity index (χ3v) is 1.95. The summed E-state index contributed by atoms with van der Waals surface area (Å²) < 4.78 is 36.9. The van der Waals surface area contributed by atoms with Crippen molar-refractivity contribution in [3.8, 4) is 0 Å². The molecule has 0 aliphatic carbocycles. The molecule has 0 amide bonds. The summed E-state index contributed by atoms with van der Waals surface area (Å²) in [7, 11) is 0. The Labute approximate surface area is 92.1 Å². The van der Waals surface area contributed by atoms with Crippen molar-refractivity contribution < 1.29 is 13.2 Å². The zero-order valence-corrected chi connectivity index (χ0v) is 9.17. The van der Waals surface area contributed by atoms with E-state index >= 15 is 0 Å². The van der Waals surface area contributed by atoms with Crippen LogP contribution in [0.2, 0.25) is 0 Å². The van der Waals surface area contributed by atoms with Gasteiger partial charge in [0.2, 0.25) is 5.95 Å². The lowest BCUT2D eigenvalue weighted by Gasteiger charge is -2.09. The summed E-state index contributed by atoms with van der Waals surface area (Å²) in [6.07, 6.45) is -2.45. The van der Waals surface area contributed by atoms with Gasteiger partial charge in [0.1, 0.15) is 5.69 Å². The molecule has 0 bridgehead atoms. The van der Waals surface area contributed by atoms with E-state index in [1.807, 2.05) is 13.8 Å². The fourth-order valence-corrected chi connectivity index (χ4v) is 1.07. The maximum Gasteiger partial charge on any atom is 0.433 e. The molecule has 90 valence electrons. The molecular formula is C10H14F3N3. The van der Waals surface area contributed by atoms with Crippen LogP contribution < -0.4 is 5.32 Å². The molecule has 6 heteroatoms. The normalized spacial score (nSPS) is 11.9. The van der Waals surface area contributed by atoms with Gasteiger partial charge >= 0.3 is 6.18 Å². The fraction of sp³-hybridized carbons (Fsp3) is 0.600. The first-order valence-corrected chi connectivity index (χ1v) is 5.03. The van der Waals surface area contributed by atoms with E-state index in [0.717, 1.165) is 18.7 Å². The maximum absolute atomic E-state index is 12.3. The third-order valence-electron chi connectivity index (χ3n) is 1.95. The Morgan fingerprint density at radius 2 is 2.06 bits per heavy atom. The highest BCUT2D eigenvalue weighted by Crippen LogP contribution is 2.27. The number of rotatable bonds is 4. The Morgan fingerprint density at radius 1 is 1.38 bits per heavy atom. The molecule has 0 aromatic carbocycles. The molecule has 0 fully saturated rings. The molecule has 1 N–H and O–H groups in total. The van der Waals surface area contributed by atoms with Crippen molar-refractivity contribution in [2.75, 3.05) is 11.9 Å². The number of nitrogens with one attached hydrogen (secondary N) is 1. The van der Waals surface area contributed by atoms with Gasteiger partial charge in [0.25, 0.3) is 0 Å². The van der Waals surface area contributed by atoms with E-state index in [9.17, 15) is 13.2 Å². The molecule has 16 heavy (non-hydrogen) atoms. The average molecular weight is 233 g/mol. The largest absolute Gasteiger partial charge is 0.433 e. The van der Waals surface area contributed by atoms with Crippen LogP contribution in [0.15, 0.2) is 12.3 Å². The molecule has 1 aromatic heterocycles. The number of aromatic nitrogens is 2. The van der Waals surface area contributed by atoms with Gasteiger partial charge in [0, 0.05) is 12.7 Å². The van der Waals surface area contributed by atoms with E-state index in [-0.39, 0.29) is 5.95 Å². The minimum atomic E-state index is -4.42. The highest BCUT2D eigenvalue weighted by molar-refractivity contribution is 5.25. The van der Waals surface area contributed by atoms with E-state index in [1.54, 1.807) is 0 Å². The van der Waals surface area contributed by atoms with E-state index < -0.39 is 11.9 Å². The van der Waals surface area contributed by atoms with Crippen molar-refractivity contribution in [3.63, 3.8) is 0 Å². The fourth-order valence-electron chi connectivity index (χ4n) is 1.07. The first-order valence-electron chi connectivity index (χ1n) is 5.03. The van der Waals surface area contributed by atoms with Gasteiger partial charge in [-0.2, -0.15) is 13.2 Å². The van der Waals surface area contributed by atoms with Crippen LogP contribution in [0.4, 0.5) is 19.1 Å². The van der Waals surface area contributed by atoms with Crippen LogP contribution in [0.1, 0.15) is 26.0 Å². The van der Waals surface area contributed by atoms with Crippen molar-refractivity contribution in [2.24, 2.45) is 5.92 Å². The molecule has 0 aliphatic rings. The zero-order chi connectivity index (χ0) is 12.2. The van der Waals surface area contributed by atoms with Crippen molar-refractivity contribution >= 4 is 5.95 Å². The van der Waals surface area contributed by atoms with Crippen LogP contribution in [0.25, 0.3) is 0 Å². The predicted octanol–water partition coefficient (Wildman–Crippen LogP) is 2.95. The third kappa shape index (κ3) is 4.04. The zero-order valence-electron chi connectivity index (χ0n) is 9.17. The Bertz CT molecular complexity index is 336. The van der Waals surface area contributed by atoms with E-state index in [2.05, 4.69) is 15.3 Å². The van der Waals surface area contributed by atoms with Crippen LogP contribution in [0.5, 0.6) is 0 Å². The number of anilines is 1. The number of nitrogens with zero attached hydrogens (tertiary/aromatic N) is 2. The second-order valence-electron chi connectivity index (χ2n) is 3.87. The summed E-state index contributed by atoms with van der Waals surface area (Å²) in [4.78, 5) is 7.12. The van der Waals surface area contributed by atoms with Crippen LogP contribution in [-0.4, -0.2) is 16.5 Å². The lowest BCUT2D eigenvalue weighted by atomic mass is 10.1. The van der Waals surface area contributed by atoms with E-state index in [0.29, 0.717) is 12.5 Å². The molecule has 1 aromatic rings. The van der Waals surface area contributed by atoms with Gasteiger partial charge in [-0.1, -0.05) is 13.8 Å². The van der Waals surface area contributed by atoms with Gasteiger partial charge in [0.15, 0.2) is 0 Å². The summed E-state index contributed by atoms with van der Waals surface area (Å²) in [5.74, 6) is 0.508. The first kappa shape index (κ1) is 12.7. The molecule has 3 nitrogen and oxygen atoms in total. The lowest BCUT2D eigenvalue weighted by molar-refractivity contribution is -0.141. The van der Waals surface area contributed by atoms with E-state index in [1.165, 1.54) is 0 Å². The summed E-state index contributed by atoms with van der Waals surface area (Å²) in [5.41, 5.74) is -0.922. The molecule has 0 aliphatic heterocycles. The quantitative estimate of drug-likeness (QED) is 0.868. The standard InChI is InChI=1S/C10H14F3N3/c1-7(2)3-5-14-9-15-6-4-8(16-9)10(11,12)13/h4,6-7H,3,5H2,1-2H3,(H,14,15,16). The van der Waals surface area contributed by atoms with Gasteiger partial charge in [0.05, 0.1) is 0 Å². The van der Waals surface area contributed by atoms with Crippen LogP contribution in [-0.2, 0) is 6.18 Å². The van der Waals surface area contributed by atoms with Crippen molar-refractivity contribution in [3.05, 3.63) is 18.0 Å². The Kier molecular flexibility index (Phi) is 4.09. The molecule has 0 unspecified atom stereocenters. The molecule has 0 radical (unpaired) electrons. The minimum Gasteiger partial charge on any atom is -0.354 e. The molecule has 1 rings (SSSR count). The second kappa shape index (κ2) is 5.14. The molecule has 1 heterocycles. The van der Waals surface area contributed by atoms with Crippen molar-refractivity contribution in [1.82, 2.24) is 9.97 Å². The molecular weight excluding hydrogens is 219 g/mol. The lowest BCUT2D eigenvalue weighted by Crippen LogP contribution is -2.12. The number of halogens is 3. The monoisotopic (exact) mass is 233 g/mol. The second-order valence-corrected chi connectivity index (χ2v) is 3.87.